The molecule has 2 aromatic heterocycles. The lowest BCUT2D eigenvalue weighted by Gasteiger charge is -2.09. The Kier molecular flexibility index (Phi) is 5.32. The van der Waals surface area contributed by atoms with E-state index in [4.69, 9.17) is 0 Å². The van der Waals surface area contributed by atoms with Gasteiger partial charge in [-0.25, -0.2) is 0 Å². The maximum absolute atomic E-state index is 11.3. The summed E-state index contributed by atoms with van der Waals surface area (Å²) in [7, 11) is 0. The van der Waals surface area contributed by atoms with Gasteiger partial charge < -0.3 is 4.57 Å². The molecule has 6 rings (SSSR count). The van der Waals surface area contributed by atoms with Crippen molar-refractivity contribution in [2.45, 2.75) is 13.5 Å². The molecule has 0 atom stereocenters. The average molecular weight is 483 g/mol. The van der Waals surface area contributed by atoms with Crippen molar-refractivity contribution in [3.8, 4) is 28.5 Å². The van der Waals surface area contributed by atoms with E-state index in [9.17, 15) is 15.4 Å². The zero-order chi connectivity index (χ0) is 25.5. The van der Waals surface area contributed by atoms with Gasteiger partial charge in [0.1, 0.15) is 11.7 Å². The number of non-ortho nitro benzene ring substituents is 1. The monoisotopic (exact) mass is 482 g/mol. The Bertz CT molecular complexity index is 1820. The van der Waals surface area contributed by atoms with Gasteiger partial charge in [-0.1, -0.05) is 72.3 Å². The fraction of sp³-hybridized carbons (Fsp3) is 0.0645. The average Bonchev–Trinajstić information content (AvgIpc) is 3.42. The summed E-state index contributed by atoms with van der Waals surface area (Å²) in [6, 6.07) is 35.5. The van der Waals surface area contributed by atoms with Crippen LogP contribution in [-0.4, -0.2) is 13.9 Å². The molecule has 0 aliphatic rings. The second-order valence-electron chi connectivity index (χ2n) is 9.10. The summed E-state index contributed by atoms with van der Waals surface area (Å²) >= 11 is 0. The lowest BCUT2D eigenvalue weighted by molar-refractivity contribution is -0.384. The van der Waals surface area contributed by atoms with Crippen molar-refractivity contribution in [1.29, 1.82) is 5.26 Å². The summed E-state index contributed by atoms with van der Waals surface area (Å²) in [6.07, 6.45) is 0. The second-order valence-corrected chi connectivity index (χ2v) is 9.10. The van der Waals surface area contributed by atoms with Gasteiger partial charge in [0.05, 0.1) is 27.2 Å². The smallest absolute Gasteiger partial charge is 0.269 e. The molecule has 0 radical (unpaired) electrons. The number of rotatable bonds is 5. The molecule has 0 bridgehead atoms. The lowest BCUT2D eigenvalue weighted by atomic mass is 9.99. The second kappa shape index (κ2) is 8.81. The molecule has 0 fully saturated rings. The van der Waals surface area contributed by atoms with E-state index in [1.807, 2.05) is 37.3 Å². The first kappa shape index (κ1) is 22.3. The van der Waals surface area contributed by atoms with Crippen LogP contribution < -0.4 is 0 Å². The zero-order valence-corrected chi connectivity index (χ0v) is 20.1. The third-order valence-electron chi connectivity index (χ3n) is 6.80. The molecule has 0 saturated carbocycles. The molecule has 6 heteroatoms. The van der Waals surface area contributed by atoms with Crippen LogP contribution in [0.3, 0.4) is 0 Å². The van der Waals surface area contributed by atoms with Crippen LogP contribution in [-0.2, 0) is 6.54 Å². The topological polar surface area (TPSA) is 76.3 Å². The van der Waals surface area contributed by atoms with Gasteiger partial charge in [0.2, 0.25) is 0 Å². The van der Waals surface area contributed by atoms with Gasteiger partial charge in [-0.15, -0.1) is 0 Å². The zero-order valence-electron chi connectivity index (χ0n) is 20.1. The number of nitrogens with zero attached hydrogens (tertiary/aromatic N) is 4. The maximum Gasteiger partial charge on any atom is 0.269 e. The number of aromatic nitrogens is 2. The highest BCUT2D eigenvalue weighted by atomic mass is 16.6. The highest BCUT2D eigenvalue weighted by Gasteiger charge is 2.27. The summed E-state index contributed by atoms with van der Waals surface area (Å²) in [5.74, 6) is 0. The summed E-state index contributed by atoms with van der Waals surface area (Å²) in [6.45, 7) is 2.67. The fourth-order valence-electron chi connectivity index (χ4n) is 5.09. The number of imidazole rings is 1. The number of hydrogen-bond acceptors (Lipinski definition) is 3. The largest absolute Gasteiger partial charge is 0.321 e. The molecule has 178 valence electrons. The van der Waals surface area contributed by atoms with Gasteiger partial charge in [0.15, 0.2) is 0 Å². The first-order chi connectivity index (χ1) is 18.1. The quantitative estimate of drug-likeness (QED) is 0.190. The van der Waals surface area contributed by atoms with E-state index in [-0.39, 0.29) is 5.69 Å². The van der Waals surface area contributed by atoms with Crippen LogP contribution >= 0.6 is 0 Å². The molecule has 0 spiro atoms. The predicted octanol–water partition coefficient (Wildman–Crippen LogP) is 7.36. The molecule has 37 heavy (non-hydrogen) atoms. The van der Waals surface area contributed by atoms with Crippen molar-refractivity contribution in [3.63, 3.8) is 0 Å². The first-order valence-corrected chi connectivity index (χ1v) is 12.0. The van der Waals surface area contributed by atoms with E-state index in [1.54, 1.807) is 12.1 Å². The summed E-state index contributed by atoms with van der Waals surface area (Å²) in [5, 5.41) is 21.8. The fourth-order valence-corrected chi connectivity index (χ4v) is 5.09. The van der Waals surface area contributed by atoms with Crippen LogP contribution in [0.2, 0.25) is 0 Å². The van der Waals surface area contributed by atoms with Crippen LogP contribution in [0.1, 0.15) is 16.7 Å². The molecular weight excluding hydrogens is 460 g/mol. The summed E-state index contributed by atoms with van der Waals surface area (Å²) in [5.41, 5.74) is 9.05. The van der Waals surface area contributed by atoms with E-state index < -0.39 is 4.92 Å². The molecule has 2 heterocycles. The molecular formula is C31H22N4O2. The lowest BCUT2D eigenvalue weighted by Crippen LogP contribution is -2.00. The molecule has 6 nitrogen and oxygen atoms in total. The molecule has 0 aliphatic heterocycles. The Hall–Kier alpha value is -5.15. The molecule has 0 amide bonds. The van der Waals surface area contributed by atoms with E-state index in [0.717, 1.165) is 50.2 Å². The van der Waals surface area contributed by atoms with Gasteiger partial charge in [-0.05, 0) is 42.3 Å². The van der Waals surface area contributed by atoms with Crippen molar-refractivity contribution < 1.29 is 4.92 Å². The van der Waals surface area contributed by atoms with E-state index >= 15 is 0 Å². The number of nitro groups is 1. The molecule has 0 unspecified atom stereocenters. The minimum Gasteiger partial charge on any atom is -0.321 e. The van der Waals surface area contributed by atoms with Crippen molar-refractivity contribution in [2.24, 2.45) is 0 Å². The van der Waals surface area contributed by atoms with Gasteiger partial charge in [-0.3, -0.25) is 14.5 Å². The minimum atomic E-state index is -0.411. The number of nitriles is 1. The molecule has 0 aliphatic carbocycles. The van der Waals surface area contributed by atoms with E-state index in [1.165, 1.54) is 12.1 Å². The SMILES string of the molecule is Cc1ccc(-c2c(C#N)c(-c3ccc([N+](=O)[O-])cc3)n3c4ccccc4n(Cc4ccccc4)c23)cc1. The predicted molar refractivity (Wildman–Crippen MR) is 145 cm³/mol. The van der Waals surface area contributed by atoms with Gasteiger partial charge in [0.25, 0.3) is 5.69 Å². The van der Waals surface area contributed by atoms with E-state index in [2.05, 4.69) is 63.6 Å². The van der Waals surface area contributed by atoms with Crippen LogP contribution in [0.5, 0.6) is 0 Å². The number of benzene rings is 4. The van der Waals surface area contributed by atoms with Gasteiger partial charge in [-0.2, -0.15) is 5.26 Å². The normalized spacial score (nSPS) is 11.1. The number of hydrogen-bond donors (Lipinski definition) is 0. The Morgan fingerprint density at radius 3 is 2.08 bits per heavy atom. The highest BCUT2D eigenvalue weighted by Crippen LogP contribution is 2.42. The van der Waals surface area contributed by atoms with Crippen LogP contribution in [0.25, 0.3) is 39.1 Å². The Balaban J connectivity index is 1.76. The van der Waals surface area contributed by atoms with Crippen molar-refractivity contribution in [3.05, 3.63) is 130 Å². The van der Waals surface area contributed by atoms with Gasteiger partial charge in [0, 0.05) is 29.8 Å². The Morgan fingerprint density at radius 1 is 0.811 bits per heavy atom. The molecule has 0 N–H and O–H groups in total. The number of aryl methyl sites for hydroxylation is 1. The van der Waals surface area contributed by atoms with E-state index in [0.29, 0.717) is 12.1 Å². The standard InChI is InChI=1S/C31H22N4O2/c1-21-11-13-23(14-12-21)29-26(19-32)30(24-15-17-25(18-16-24)35(36)37)34-28-10-6-5-9-27(28)33(31(29)34)20-22-7-3-2-4-8-22/h2-18H,20H2,1H3. The maximum atomic E-state index is 11.3. The highest BCUT2D eigenvalue weighted by molar-refractivity contribution is 5.98. The van der Waals surface area contributed by atoms with Crippen LogP contribution in [0.15, 0.2) is 103 Å². The number of nitro benzene ring substituents is 1. The van der Waals surface area contributed by atoms with Crippen molar-refractivity contribution in [1.82, 2.24) is 8.97 Å². The molecule has 6 aromatic rings. The van der Waals surface area contributed by atoms with Crippen molar-refractivity contribution >= 4 is 22.4 Å². The Labute approximate surface area is 213 Å². The minimum absolute atomic E-state index is 0.0142. The van der Waals surface area contributed by atoms with Crippen LogP contribution in [0.4, 0.5) is 5.69 Å². The number of para-hydroxylation sites is 2. The first-order valence-electron chi connectivity index (χ1n) is 12.0. The van der Waals surface area contributed by atoms with Crippen LogP contribution in [0, 0.1) is 28.4 Å². The Morgan fingerprint density at radius 2 is 1.43 bits per heavy atom. The summed E-state index contributed by atoms with van der Waals surface area (Å²) in [4.78, 5) is 10.9. The molecule has 4 aromatic carbocycles. The summed E-state index contributed by atoms with van der Waals surface area (Å²) < 4.78 is 4.39. The molecule has 0 saturated heterocycles. The number of fused-ring (bicyclic) bond motifs is 3. The van der Waals surface area contributed by atoms with Gasteiger partial charge >= 0.3 is 0 Å². The third kappa shape index (κ3) is 3.65. The van der Waals surface area contributed by atoms with Crippen molar-refractivity contribution in [2.75, 3.05) is 0 Å². The third-order valence-corrected chi connectivity index (χ3v) is 6.80.